The molecule has 1 aliphatic carbocycles. The molecule has 9 heteroatoms. The number of hydrogen-bond acceptors (Lipinski definition) is 6. The number of nitrogens with zero attached hydrogens (tertiary/aromatic N) is 7. The number of imidazole rings is 1. The summed E-state index contributed by atoms with van der Waals surface area (Å²) >= 11 is 0. The van der Waals surface area contributed by atoms with Crippen molar-refractivity contribution in [3.05, 3.63) is 48.3 Å². The van der Waals surface area contributed by atoms with Crippen LogP contribution >= 0.6 is 0 Å². The van der Waals surface area contributed by atoms with Crippen LogP contribution in [0.5, 0.6) is 0 Å². The topological polar surface area (TPSA) is 98.1 Å². The fraction of sp³-hybridized carbons (Fsp3) is 0.556. The normalized spacial score (nSPS) is 22.1. The molecule has 1 atom stereocenters. The number of amides is 1. The van der Waals surface area contributed by atoms with Crippen LogP contribution in [0.15, 0.2) is 36.9 Å². The van der Waals surface area contributed by atoms with Crippen molar-refractivity contribution in [2.75, 3.05) is 31.9 Å². The molecule has 1 unspecified atom stereocenters. The van der Waals surface area contributed by atoms with Crippen LogP contribution in [0.2, 0.25) is 0 Å². The van der Waals surface area contributed by atoms with E-state index in [1.54, 1.807) is 6.33 Å². The lowest BCUT2D eigenvalue weighted by molar-refractivity contribution is 0.0525. The molecule has 0 spiro atoms. The summed E-state index contributed by atoms with van der Waals surface area (Å²) in [7, 11) is 0. The van der Waals surface area contributed by atoms with Crippen molar-refractivity contribution in [1.29, 1.82) is 0 Å². The van der Waals surface area contributed by atoms with Gasteiger partial charge in [-0.3, -0.25) is 9.69 Å². The number of nitrogens with two attached hydrogens (primary N) is 1. The Labute approximate surface area is 212 Å². The molecule has 3 aliphatic rings. The molecule has 190 valence electrons. The highest BCUT2D eigenvalue weighted by Crippen LogP contribution is 2.28. The summed E-state index contributed by atoms with van der Waals surface area (Å²) in [6.07, 6.45) is 18.4. The van der Waals surface area contributed by atoms with Crippen LogP contribution in [0, 0.1) is 12.8 Å². The van der Waals surface area contributed by atoms with Crippen molar-refractivity contribution >= 4 is 22.9 Å². The largest absolute Gasteiger partial charge is 0.382 e. The number of carbonyl (C=O) groups excluding carboxylic acids is 1. The molecule has 0 aromatic carbocycles. The van der Waals surface area contributed by atoms with Gasteiger partial charge in [-0.15, -0.1) is 0 Å². The standard InChI is InChI=1S/C27H36N8O/c1-19-30-25(28)24-26(31-19)35(18-29-24)23-16-34(17-23)27(36)21-10-11-32(15-21)14-20-8-12-33(13-9-20)22-6-4-2-3-5-7-22/h4,6,10-11,15,18,20,22-23H,2-3,5,7-9,12-14,16-17H2,1H3,(H2,28,30,31). The van der Waals surface area contributed by atoms with Gasteiger partial charge in [0.15, 0.2) is 11.5 Å². The average molecular weight is 489 g/mol. The Morgan fingerprint density at radius 1 is 1.14 bits per heavy atom. The third kappa shape index (κ3) is 4.52. The van der Waals surface area contributed by atoms with Crippen LogP contribution in [0.3, 0.4) is 0 Å². The third-order valence-corrected chi connectivity index (χ3v) is 8.17. The number of hydrogen-bond donors (Lipinski definition) is 1. The summed E-state index contributed by atoms with van der Waals surface area (Å²) in [6.45, 7) is 6.47. The lowest BCUT2D eigenvalue weighted by Gasteiger charge is -2.39. The number of fused-ring (bicyclic) bond motifs is 1. The summed E-state index contributed by atoms with van der Waals surface area (Å²) in [6, 6.07) is 2.76. The van der Waals surface area contributed by atoms with E-state index in [1.165, 1.54) is 51.6 Å². The van der Waals surface area contributed by atoms with E-state index in [4.69, 9.17) is 5.73 Å². The summed E-state index contributed by atoms with van der Waals surface area (Å²) in [5.74, 6) is 1.79. The maximum absolute atomic E-state index is 13.1. The highest BCUT2D eigenvalue weighted by Gasteiger charge is 2.34. The van der Waals surface area contributed by atoms with Gasteiger partial charge in [0.05, 0.1) is 17.9 Å². The Morgan fingerprint density at radius 3 is 2.81 bits per heavy atom. The zero-order chi connectivity index (χ0) is 24.6. The minimum Gasteiger partial charge on any atom is -0.382 e. The van der Waals surface area contributed by atoms with Crippen molar-refractivity contribution in [3.8, 4) is 0 Å². The Hall–Kier alpha value is -3.20. The van der Waals surface area contributed by atoms with Gasteiger partial charge < -0.3 is 19.8 Å². The average Bonchev–Trinajstić information content (AvgIpc) is 3.38. The van der Waals surface area contributed by atoms with Gasteiger partial charge in [-0.2, -0.15) is 0 Å². The second-order valence-corrected chi connectivity index (χ2v) is 10.7. The fourth-order valence-corrected chi connectivity index (χ4v) is 6.01. The molecular formula is C27H36N8O. The monoisotopic (exact) mass is 488 g/mol. The lowest BCUT2D eigenvalue weighted by Crippen LogP contribution is -2.50. The molecule has 36 heavy (non-hydrogen) atoms. The second kappa shape index (κ2) is 9.69. The molecule has 6 rings (SSSR count). The van der Waals surface area contributed by atoms with Gasteiger partial charge in [0.2, 0.25) is 0 Å². The van der Waals surface area contributed by atoms with Gasteiger partial charge >= 0.3 is 0 Å². The molecule has 0 saturated carbocycles. The first-order valence-corrected chi connectivity index (χ1v) is 13.4. The van der Waals surface area contributed by atoms with E-state index < -0.39 is 0 Å². The van der Waals surface area contributed by atoms with Gasteiger partial charge in [0, 0.05) is 38.1 Å². The Kier molecular flexibility index (Phi) is 6.25. The lowest BCUT2D eigenvalue weighted by atomic mass is 9.95. The first kappa shape index (κ1) is 23.2. The number of likely N-dealkylation sites (tertiary alicyclic amines) is 2. The van der Waals surface area contributed by atoms with E-state index in [-0.39, 0.29) is 11.9 Å². The molecule has 2 saturated heterocycles. The minimum atomic E-state index is 0.0923. The number of allylic oxidation sites excluding steroid dienone is 1. The molecule has 3 aromatic rings. The van der Waals surface area contributed by atoms with E-state index in [0.29, 0.717) is 42.2 Å². The highest BCUT2D eigenvalue weighted by atomic mass is 16.2. The van der Waals surface area contributed by atoms with Crippen molar-refractivity contribution in [2.45, 2.75) is 64.1 Å². The van der Waals surface area contributed by atoms with Crippen LogP contribution in [0.4, 0.5) is 5.82 Å². The van der Waals surface area contributed by atoms with Crippen molar-refractivity contribution in [3.63, 3.8) is 0 Å². The number of piperidine rings is 1. The van der Waals surface area contributed by atoms with Gasteiger partial charge in [0.25, 0.3) is 5.91 Å². The minimum absolute atomic E-state index is 0.0923. The quantitative estimate of drug-likeness (QED) is 0.553. The van der Waals surface area contributed by atoms with E-state index >= 15 is 0 Å². The fourth-order valence-electron chi connectivity index (χ4n) is 6.01. The second-order valence-electron chi connectivity index (χ2n) is 10.7. The molecule has 2 aliphatic heterocycles. The number of anilines is 1. The molecule has 0 radical (unpaired) electrons. The van der Waals surface area contributed by atoms with Crippen LogP contribution in [0.1, 0.15) is 60.7 Å². The zero-order valence-electron chi connectivity index (χ0n) is 21.1. The van der Waals surface area contributed by atoms with Gasteiger partial charge in [-0.1, -0.05) is 18.6 Å². The number of aromatic nitrogens is 5. The highest BCUT2D eigenvalue weighted by molar-refractivity contribution is 5.94. The first-order valence-electron chi connectivity index (χ1n) is 13.4. The molecule has 0 bridgehead atoms. The van der Waals surface area contributed by atoms with E-state index in [1.807, 2.05) is 28.7 Å². The summed E-state index contributed by atoms with van der Waals surface area (Å²) in [5, 5.41) is 0. The number of nitrogen functional groups attached to an aromatic ring is 1. The predicted molar refractivity (Wildman–Crippen MR) is 140 cm³/mol. The Bertz CT molecular complexity index is 1260. The number of rotatable bonds is 5. The molecule has 2 N–H and O–H groups in total. The maximum atomic E-state index is 13.1. The number of carbonyl (C=O) groups is 1. The van der Waals surface area contributed by atoms with Gasteiger partial charge in [-0.05, 0) is 64.1 Å². The first-order chi connectivity index (χ1) is 17.5. The van der Waals surface area contributed by atoms with E-state index in [2.05, 4.69) is 42.8 Å². The van der Waals surface area contributed by atoms with Gasteiger partial charge in [-0.25, -0.2) is 15.0 Å². The maximum Gasteiger partial charge on any atom is 0.255 e. The van der Waals surface area contributed by atoms with Gasteiger partial charge in [0.1, 0.15) is 11.3 Å². The summed E-state index contributed by atoms with van der Waals surface area (Å²) in [5.41, 5.74) is 8.13. The Balaban J connectivity index is 1.02. The molecular weight excluding hydrogens is 452 g/mol. The van der Waals surface area contributed by atoms with Crippen LogP contribution < -0.4 is 5.73 Å². The van der Waals surface area contributed by atoms with E-state index in [9.17, 15) is 4.79 Å². The van der Waals surface area contributed by atoms with E-state index in [0.717, 1.165) is 17.8 Å². The smallest absolute Gasteiger partial charge is 0.255 e. The predicted octanol–water partition coefficient (Wildman–Crippen LogP) is 3.43. The van der Waals surface area contributed by atoms with Crippen molar-refractivity contribution in [1.82, 2.24) is 33.9 Å². The van der Waals surface area contributed by atoms with Crippen LogP contribution in [-0.4, -0.2) is 72.0 Å². The molecule has 9 nitrogen and oxygen atoms in total. The SMILES string of the molecule is Cc1nc(N)c2ncn(C3CN(C(=O)c4ccn(CC5CCN(C6C=CCCCC6)CC5)c4)C3)c2n1. The Morgan fingerprint density at radius 2 is 1.97 bits per heavy atom. The number of aryl methyl sites for hydroxylation is 1. The van der Waals surface area contributed by atoms with Crippen LogP contribution in [0.25, 0.3) is 11.2 Å². The molecule has 5 heterocycles. The van der Waals surface area contributed by atoms with Crippen molar-refractivity contribution < 1.29 is 4.79 Å². The summed E-state index contributed by atoms with van der Waals surface area (Å²) in [4.78, 5) is 30.8. The summed E-state index contributed by atoms with van der Waals surface area (Å²) < 4.78 is 4.23. The van der Waals surface area contributed by atoms with Crippen molar-refractivity contribution in [2.24, 2.45) is 5.92 Å². The zero-order valence-corrected chi connectivity index (χ0v) is 21.1. The molecule has 1 amide bonds. The van der Waals surface area contributed by atoms with Crippen LogP contribution in [-0.2, 0) is 6.54 Å². The molecule has 2 fully saturated rings. The molecule has 3 aromatic heterocycles. The third-order valence-electron chi connectivity index (χ3n) is 8.17.